The average molecular weight is 193 g/mol. The van der Waals surface area contributed by atoms with Gasteiger partial charge in [-0.2, -0.15) is 5.10 Å². The summed E-state index contributed by atoms with van der Waals surface area (Å²) in [6, 6.07) is 0. The van der Waals surface area contributed by atoms with E-state index in [2.05, 4.69) is 5.10 Å². The summed E-state index contributed by atoms with van der Waals surface area (Å²) in [5.74, 6) is 0.150. The molecule has 0 aliphatic heterocycles. The van der Waals surface area contributed by atoms with Crippen LogP contribution in [0.4, 0.5) is 0 Å². The molecular formula is C10H15N3O. The van der Waals surface area contributed by atoms with E-state index in [1.807, 2.05) is 13.2 Å². The van der Waals surface area contributed by atoms with Crippen LogP contribution in [0.5, 0.6) is 0 Å². The smallest absolute Gasteiger partial charge is 0.157 e. The fourth-order valence-electron chi connectivity index (χ4n) is 1.76. The molecule has 0 saturated heterocycles. The van der Waals surface area contributed by atoms with Gasteiger partial charge < -0.3 is 5.73 Å². The van der Waals surface area contributed by atoms with Crippen molar-refractivity contribution in [3.8, 4) is 0 Å². The summed E-state index contributed by atoms with van der Waals surface area (Å²) >= 11 is 0. The number of hydrogen-bond donors (Lipinski definition) is 1. The lowest BCUT2D eigenvalue weighted by molar-refractivity contribution is -0.126. The summed E-state index contributed by atoms with van der Waals surface area (Å²) in [4.78, 5) is 11.8. The minimum Gasteiger partial charge on any atom is -0.319 e. The van der Waals surface area contributed by atoms with Crippen molar-refractivity contribution in [3.63, 3.8) is 0 Å². The molecule has 0 unspecified atom stereocenters. The van der Waals surface area contributed by atoms with Crippen molar-refractivity contribution in [2.75, 3.05) is 0 Å². The van der Waals surface area contributed by atoms with Crippen molar-refractivity contribution in [2.24, 2.45) is 12.8 Å². The number of aromatic nitrogens is 2. The van der Waals surface area contributed by atoms with Crippen LogP contribution in [0.3, 0.4) is 0 Å². The molecule has 0 spiro atoms. The Hall–Kier alpha value is -1.16. The van der Waals surface area contributed by atoms with Gasteiger partial charge in [-0.1, -0.05) is 0 Å². The van der Waals surface area contributed by atoms with Gasteiger partial charge in [-0.3, -0.25) is 9.48 Å². The normalized spacial score (nSPS) is 19.0. The molecule has 0 aromatic carbocycles. The summed E-state index contributed by atoms with van der Waals surface area (Å²) < 4.78 is 1.70. The number of nitrogens with two attached hydrogens (primary N) is 1. The summed E-state index contributed by atoms with van der Waals surface area (Å²) in [5.41, 5.74) is 6.35. The van der Waals surface area contributed by atoms with Gasteiger partial charge in [-0.15, -0.1) is 0 Å². The molecule has 1 aromatic rings. The molecule has 0 atom stereocenters. The highest BCUT2D eigenvalue weighted by atomic mass is 16.1. The van der Waals surface area contributed by atoms with E-state index >= 15 is 0 Å². The van der Waals surface area contributed by atoms with Gasteiger partial charge in [-0.25, -0.2) is 0 Å². The van der Waals surface area contributed by atoms with Gasteiger partial charge in [0.25, 0.3) is 0 Å². The Morgan fingerprint density at radius 2 is 2.43 bits per heavy atom. The zero-order valence-electron chi connectivity index (χ0n) is 8.36. The van der Waals surface area contributed by atoms with E-state index in [0.717, 1.165) is 24.8 Å². The van der Waals surface area contributed by atoms with Gasteiger partial charge in [0.05, 0.1) is 11.7 Å². The number of carbonyl (C=O) groups is 1. The van der Waals surface area contributed by atoms with Crippen molar-refractivity contribution >= 4 is 5.78 Å². The standard InChI is InChI=1S/C10H15N3O/c1-13-7-8(6-12-13)5-9(14)10(11)3-2-4-10/h6-7H,2-5,11H2,1H3. The Morgan fingerprint density at radius 3 is 2.86 bits per heavy atom. The van der Waals surface area contributed by atoms with Gasteiger partial charge in [0.15, 0.2) is 5.78 Å². The number of ketones is 1. The summed E-state index contributed by atoms with van der Waals surface area (Å²) in [5, 5.41) is 4.02. The predicted molar refractivity (Wildman–Crippen MR) is 52.7 cm³/mol. The van der Waals surface area contributed by atoms with E-state index in [9.17, 15) is 4.79 Å². The first kappa shape index (κ1) is 9.40. The van der Waals surface area contributed by atoms with Crippen molar-refractivity contribution < 1.29 is 4.79 Å². The molecule has 1 aliphatic carbocycles. The average Bonchev–Trinajstić information content (AvgIpc) is 2.47. The number of nitrogens with zero attached hydrogens (tertiary/aromatic N) is 2. The van der Waals surface area contributed by atoms with Gasteiger partial charge in [-0.05, 0) is 24.8 Å². The molecule has 1 heterocycles. The van der Waals surface area contributed by atoms with E-state index in [4.69, 9.17) is 5.73 Å². The third kappa shape index (κ3) is 1.57. The molecule has 1 saturated carbocycles. The second-order valence-electron chi connectivity index (χ2n) is 4.13. The molecule has 4 heteroatoms. The van der Waals surface area contributed by atoms with E-state index in [1.165, 1.54) is 0 Å². The van der Waals surface area contributed by atoms with Crippen LogP contribution in [-0.2, 0) is 18.3 Å². The molecular weight excluding hydrogens is 178 g/mol. The summed E-state index contributed by atoms with van der Waals surface area (Å²) in [6.07, 6.45) is 6.76. The van der Waals surface area contributed by atoms with Crippen molar-refractivity contribution in [3.05, 3.63) is 18.0 Å². The highest BCUT2D eigenvalue weighted by molar-refractivity contribution is 5.90. The Balaban J connectivity index is 2.01. The van der Waals surface area contributed by atoms with Crippen LogP contribution < -0.4 is 5.73 Å². The lowest BCUT2D eigenvalue weighted by Crippen LogP contribution is -2.54. The molecule has 2 N–H and O–H groups in total. The third-order valence-corrected chi connectivity index (χ3v) is 2.92. The number of hydrogen-bond acceptors (Lipinski definition) is 3. The van der Waals surface area contributed by atoms with Gasteiger partial charge >= 0.3 is 0 Å². The molecule has 0 amide bonds. The molecule has 2 rings (SSSR count). The maximum atomic E-state index is 11.8. The lowest BCUT2D eigenvalue weighted by Gasteiger charge is -2.36. The van der Waals surface area contributed by atoms with Crippen LogP contribution in [0.2, 0.25) is 0 Å². The molecule has 0 bridgehead atoms. The van der Waals surface area contributed by atoms with E-state index in [0.29, 0.717) is 6.42 Å². The molecule has 0 radical (unpaired) electrons. The van der Waals surface area contributed by atoms with Crippen molar-refractivity contribution in [1.82, 2.24) is 9.78 Å². The first-order valence-corrected chi connectivity index (χ1v) is 4.90. The summed E-state index contributed by atoms with van der Waals surface area (Å²) in [7, 11) is 1.84. The largest absolute Gasteiger partial charge is 0.319 e. The fraction of sp³-hybridized carbons (Fsp3) is 0.600. The minimum absolute atomic E-state index is 0.150. The second kappa shape index (κ2) is 3.20. The first-order valence-electron chi connectivity index (χ1n) is 4.90. The van der Waals surface area contributed by atoms with Crippen LogP contribution in [0.1, 0.15) is 24.8 Å². The fourth-order valence-corrected chi connectivity index (χ4v) is 1.76. The van der Waals surface area contributed by atoms with E-state index < -0.39 is 5.54 Å². The molecule has 14 heavy (non-hydrogen) atoms. The lowest BCUT2D eigenvalue weighted by atomic mass is 9.73. The molecule has 1 aliphatic rings. The third-order valence-electron chi connectivity index (χ3n) is 2.92. The second-order valence-corrected chi connectivity index (χ2v) is 4.13. The molecule has 4 nitrogen and oxygen atoms in total. The SMILES string of the molecule is Cn1cc(CC(=O)C2(N)CCC2)cn1. The summed E-state index contributed by atoms with van der Waals surface area (Å²) in [6.45, 7) is 0. The zero-order chi connectivity index (χ0) is 10.2. The van der Waals surface area contributed by atoms with Crippen molar-refractivity contribution in [1.29, 1.82) is 0 Å². The van der Waals surface area contributed by atoms with Gasteiger partial charge in [0.1, 0.15) is 0 Å². The molecule has 1 aromatic heterocycles. The molecule has 76 valence electrons. The van der Waals surface area contributed by atoms with Crippen molar-refractivity contribution in [2.45, 2.75) is 31.2 Å². The first-order chi connectivity index (χ1) is 6.60. The Morgan fingerprint density at radius 1 is 1.71 bits per heavy atom. The Labute approximate surface area is 83.1 Å². The number of rotatable bonds is 3. The topological polar surface area (TPSA) is 60.9 Å². The highest BCUT2D eigenvalue weighted by Gasteiger charge is 2.39. The van der Waals surface area contributed by atoms with E-state index in [-0.39, 0.29) is 5.78 Å². The van der Waals surface area contributed by atoms with Gasteiger partial charge in [0, 0.05) is 19.7 Å². The monoisotopic (exact) mass is 193 g/mol. The quantitative estimate of drug-likeness (QED) is 0.756. The zero-order valence-corrected chi connectivity index (χ0v) is 8.36. The van der Waals surface area contributed by atoms with E-state index in [1.54, 1.807) is 10.9 Å². The van der Waals surface area contributed by atoms with Crippen LogP contribution in [0.25, 0.3) is 0 Å². The van der Waals surface area contributed by atoms with Gasteiger partial charge in [0.2, 0.25) is 0 Å². The highest BCUT2D eigenvalue weighted by Crippen LogP contribution is 2.30. The maximum Gasteiger partial charge on any atom is 0.157 e. The maximum absolute atomic E-state index is 11.8. The Bertz CT molecular complexity index is 352. The molecule has 1 fully saturated rings. The number of carbonyl (C=O) groups excluding carboxylic acids is 1. The Kier molecular flexibility index (Phi) is 2.15. The van der Waals surface area contributed by atoms with Crippen LogP contribution in [-0.4, -0.2) is 21.1 Å². The predicted octanol–water partition coefficient (Wildman–Crippen LogP) is 0.413. The number of aryl methyl sites for hydroxylation is 1. The minimum atomic E-state index is -0.532. The van der Waals surface area contributed by atoms with Crippen LogP contribution >= 0.6 is 0 Å². The van der Waals surface area contributed by atoms with Crippen LogP contribution in [0.15, 0.2) is 12.4 Å². The number of Topliss-reactive ketones (excluding diaryl/α,β-unsaturated/α-hetero) is 1. The van der Waals surface area contributed by atoms with Crippen LogP contribution in [0, 0.1) is 0 Å².